The average Bonchev–Trinajstić information content (AvgIpc) is 3.38. The number of rotatable bonds is 7. The highest BCUT2D eigenvalue weighted by molar-refractivity contribution is 5.93. The molecule has 1 aromatic carbocycles. The second kappa shape index (κ2) is 10.3. The second-order valence-corrected chi connectivity index (χ2v) is 8.17. The van der Waals surface area contributed by atoms with Crippen molar-refractivity contribution < 1.29 is 22.7 Å². The fourth-order valence-corrected chi connectivity index (χ4v) is 4.23. The first-order valence-electron chi connectivity index (χ1n) is 11.2. The van der Waals surface area contributed by atoms with Crippen LogP contribution >= 0.6 is 0 Å². The van der Waals surface area contributed by atoms with Crippen LogP contribution in [0.2, 0.25) is 0 Å². The number of aromatic nitrogens is 3. The smallest absolute Gasteiger partial charge is 0.416 e. The van der Waals surface area contributed by atoms with Crippen molar-refractivity contribution in [2.75, 3.05) is 31.6 Å². The number of hydrogen-bond donors (Lipinski definition) is 0. The van der Waals surface area contributed by atoms with Crippen LogP contribution in [0, 0.1) is 4.91 Å². The molecule has 0 bridgehead atoms. The number of carbonyl (C=O) groups excluding carboxylic acids is 1. The fourth-order valence-electron chi connectivity index (χ4n) is 4.23. The molecule has 3 heterocycles. The number of methoxy groups -OCH3 is 1. The lowest BCUT2D eigenvalue weighted by molar-refractivity contribution is -0.137. The minimum atomic E-state index is -4.43. The number of alkyl halides is 3. The van der Waals surface area contributed by atoms with Crippen LogP contribution in [-0.4, -0.2) is 58.8 Å². The number of hydrogen-bond acceptors (Lipinski definition) is 8. The molecule has 1 aliphatic heterocycles. The Hall–Kier alpha value is -4.09. The molecule has 188 valence electrons. The highest BCUT2D eigenvalue weighted by Crippen LogP contribution is 2.34. The summed E-state index contributed by atoms with van der Waals surface area (Å²) >= 11 is 0. The van der Waals surface area contributed by atoms with E-state index >= 15 is 0 Å². The van der Waals surface area contributed by atoms with Crippen molar-refractivity contribution in [1.29, 1.82) is 0 Å². The highest BCUT2D eigenvalue weighted by Gasteiger charge is 2.32. The van der Waals surface area contributed by atoms with Gasteiger partial charge in [0.1, 0.15) is 11.4 Å². The molecule has 9 nitrogen and oxygen atoms in total. The van der Waals surface area contributed by atoms with Crippen LogP contribution in [0.25, 0.3) is 11.1 Å². The van der Waals surface area contributed by atoms with E-state index < -0.39 is 11.7 Å². The number of halogens is 3. The summed E-state index contributed by atoms with van der Waals surface area (Å²) in [7, 11) is 1.43. The third-order valence-corrected chi connectivity index (χ3v) is 6.09. The Kier molecular flexibility index (Phi) is 7.13. The largest absolute Gasteiger partial charge is 0.496 e. The quantitative estimate of drug-likeness (QED) is 0.433. The Bertz CT molecular complexity index is 1240. The van der Waals surface area contributed by atoms with E-state index in [4.69, 9.17) is 4.74 Å². The molecule has 0 spiro atoms. The normalized spacial score (nSPS) is 15.6. The maximum Gasteiger partial charge on any atom is 0.416 e. The van der Waals surface area contributed by atoms with Crippen LogP contribution in [0.1, 0.15) is 29.4 Å². The van der Waals surface area contributed by atoms with Crippen molar-refractivity contribution in [3.05, 3.63) is 64.8 Å². The number of nitroso groups, excluding NO2 is 1. The van der Waals surface area contributed by atoms with Crippen molar-refractivity contribution in [2.24, 2.45) is 5.18 Å². The number of nitrogens with zero attached hydrogens (tertiary/aromatic N) is 6. The van der Waals surface area contributed by atoms with Gasteiger partial charge in [-0.2, -0.15) is 13.2 Å². The topological polar surface area (TPSA) is 101 Å². The second-order valence-electron chi connectivity index (χ2n) is 8.17. The monoisotopic (exact) mass is 500 g/mol. The first-order chi connectivity index (χ1) is 17.2. The highest BCUT2D eigenvalue weighted by atomic mass is 19.4. The number of benzene rings is 1. The summed E-state index contributed by atoms with van der Waals surface area (Å²) in [5.74, 6) is 0.637. The van der Waals surface area contributed by atoms with E-state index in [2.05, 4.69) is 20.4 Å². The fraction of sp³-hybridized carbons (Fsp3) is 0.333. The standard InChI is InChI=1S/C24H23F3N6O3/c1-3-33(17-10-11-32(14-17)22-9-8-21(31-35)29-30-22)23(34)19-12-20(36-2)18(13-28-19)15-4-6-16(7-5-15)24(25,26)27/h4-9,12-13,17H,3,10-11,14H2,1-2H3/t17-/m0/s1. The molecule has 1 amide bonds. The number of likely N-dealkylation sites (N-methyl/N-ethyl adjacent to an activating group) is 1. The van der Waals surface area contributed by atoms with Gasteiger partial charge in [0.25, 0.3) is 5.91 Å². The molecule has 2 aromatic heterocycles. The van der Waals surface area contributed by atoms with Gasteiger partial charge >= 0.3 is 6.18 Å². The molecule has 1 fully saturated rings. The van der Waals surface area contributed by atoms with Crippen LogP contribution in [0.3, 0.4) is 0 Å². The lowest BCUT2D eigenvalue weighted by Crippen LogP contribution is -2.42. The van der Waals surface area contributed by atoms with Crippen LogP contribution in [0.5, 0.6) is 5.75 Å². The Morgan fingerprint density at radius 2 is 1.94 bits per heavy atom. The predicted molar refractivity (Wildman–Crippen MR) is 126 cm³/mol. The minimum Gasteiger partial charge on any atom is -0.496 e. The SMILES string of the molecule is CCN(C(=O)c1cc(OC)c(-c2ccc(C(F)(F)F)cc2)cn1)[C@H]1CCN(c2ccc(N=O)nn2)C1. The Balaban J connectivity index is 1.52. The van der Waals surface area contributed by atoms with Crippen molar-refractivity contribution in [3.63, 3.8) is 0 Å². The summed E-state index contributed by atoms with van der Waals surface area (Å²) in [6.07, 6.45) is -2.29. The molecular weight excluding hydrogens is 477 g/mol. The van der Waals surface area contributed by atoms with Gasteiger partial charge < -0.3 is 14.5 Å². The van der Waals surface area contributed by atoms with Gasteiger partial charge in [0.15, 0.2) is 5.82 Å². The molecule has 12 heteroatoms. The third kappa shape index (κ3) is 5.11. The molecule has 0 N–H and O–H groups in total. The molecule has 0 unspecified atom stereocenters. The first kappa shape index (κ1) is 25.0. The summed E-state index contributed by atoms with van der Waals surface area (Å²) in [6, 6.07) is 9.22. The van der Waals surface area contributed by atoms with Gasteiger partial charge in [-0.05, 0) is 48.4 Å². The van der Waals surface area contributed by atoms with Gasteiger partial charge in [-0.15, -0.1) is 15.1 Å². The van der Waals surface area contributed by atoms with Gasteiger partial charge in [0, 0.05) is 37.5 Å². The van der Waals surface area contributed by atoms with Gasteiger partial charge in [0.2, 0.25) is 5.82 Å². The summed E-state index contributed by atoms with van der Waals surface area (Å²) in [5, 5.41) is 10.5. The Labute approximate surface area is 204 Å². The van der Waals surface area contributed by atoms with Gasteiger partial charge in [-0.1, -0.05) is 12.1 Å². The molecule has 1 aliphatic rings. The predicted octanol–water partition coefficient (Wildman–Crippen LogP) is 4.70. The Morgan fingerprint density at radius 3 is 2.53 bits per heavy atom. The average molecular weight is 500 g/mol. The lowest BCUT2D eigenvalue weighted by atomic mass is 10.0. The molecule has 1 atom stereocenters. The number of pyridine rings is 1. The van der Waals surface area contributed by atoms with E-state index in [1.807, 2.05) is 11.8 Å². The molecule has 36 heavy (non-hydrogen) atoms. The van der Waals surface area contributed by atoms with E-state index in [9.17, 15) is 22.9 Å². The van der Waals surface area contributed by atoms with Crippen molar-refractivity contribution >= 4 is 17.5 Å². The van der Waals surface area contributed by atoms with Gasteiger partial charge in [-0.25, -0.2) is 0 Å². The minimum absolute atomic E-state index is 0.000349. The van der Waals surface area contributed by atoms with Gasteiger partial charge in [0.05, 0.1) is 18.7 Å². The first-order valence-corrected chi connectivity index (χ1v) is 11.2. The maximum absolute atomic E-state index is 13.3. The summed E-state index contributed by atoms with van der Waals surface area (Å²) in [6.45, 7) is 3.50. The zero-order valence-electron chi connectivity index (χ0n) is 19.6. The van der Waals surface area contributed by atoms with E-state index in [0.29, 0.717) is 48.7 Å². The number of amides is 1. The molecule has 0 aliphatic carbocycles. The van der Waals surface area contributed by atoms with Crippen LogP contribution in [-0.2, 0) is 6.18 Å². The third-order valence-electron chi connectivity index (χ3n) is 6.09. The van der Waals surface area contributed by atoms with Crippen molar-refractivity contribution in [2.45, 2.75) is 25.6 Å². The van der Waals surface area contributed by atoms with E-state index in [1.54, 1.807) is 11.0 Å². The number of ether oxygens (including phenoxy) is 1. The van der Waals surface area contributed by atoms with Crippen molar-refractivity contribution in [1.82, 2.24) is 20.1 Å². The zero-order chi connectivity index (χ0) is 25.9. The van der Waals surface area contributed by atoms with Crippen LogP contribution in [0.15, 0.2) is 53.8 Å². The van der Waals surface area contributed by atoms with E-state index in [0.717, 1.165) is 12.1 Å². The zero-order valence-corrected chi connectivity index (χ0v) is 19.6. The van der Waals surface area contributed by atoms with E-state index in [1.165, 1.54) is 37.6 Å². The summed E-state index contributed by atoms with van der Waals surface area (Å²) in [5.41, 5.74) is 0.382. The van der Waals surface area contributed by atoms with Gasteiger partial charge in [-0.3, -0.25) is 9.78 Å². The number of anilines is 1. The lowest BCUT2D eigenvalue weighted by Gasteiger charge is -2.28. The van der Waals surface area contributed by atoms with Crippen LogP contribution in [0.4, 0.5) is 24.8 Å². The summed E-state index contributed by atoms with van der Waals surface area (Å²) < 4.78 is 44.1. The van der Waals surface area contributed by atoms with E-state index in [-0.39, 0.29) is 23.5 Å². The molecule has 0 radical (unpaired) electrons. The van der Waals surface area contributed by atoms with Crippen molar-refractivity contribution in [3.8, 4) is 16.9 Å². The molecular formula is C24H23F3N6O3. The Morgan fingerprint density at radius 1 is 1.19 bits per heavy atom. The number of carbonyl (C=O) groups is 1. The van der Waals surface area contributed by atoms with Crippen LogP contribution < -0.4 is 9.64 Å². The molecule has 0 saturated carbocycles. The molecule has 4 rings (SSSR count). The molecule has 1 saturated heterocycles. The maximum atomic E-state index is 13.3. The summed E-state index contributed by atoms with van der Waals surface area (Å²) in [4.78, 5) is 31.9. The molecule has 3 aromatic rings.